The molecule has 0 aromatic heterocycles. The molecule has 1 aromatic carbocycles. The molecule has 0 bridgehead atoms. The number of carbonyl (C=O) groups excluding carboxylic acids is 1. The van der Waals surface area contributed by atoms with Gasteiger partial charge in [0, 0.05) is 52.8 Å². The van der Waals surface area contributed by atoms with Crippen molar-refractivity contribution in [1.82, 2.24) is 9.80 Å². The highest BCUT2D eigenvalue weighted by Crippen LogP contribution is 2.42. The van der Waals surface area contributed by atoms with Crippen molar-refractivity contribution < 1.29 is 4.79 Å². The zero-order chi connectivity index (χ0) is 30.9. The number of allylic oxidation sites excluding steroid dienone is 8. The highest BCUT2D eigenvalue weighted by atomic mass is 127. The van der Waals surface area contributed by atoms with Gasteiger partial charge in [-0.05, 0) is 103 Å². The smallest absolute Gasteiger partial charge is 0.159 e. The van der Waals surface area contributed by atoms with Crippen molar-refractivity contribution in [3.63, 3.8) is 0 Å². The van der Waals surface area contributed by atoms with E-state index in [4.69, 9.17) is 0 Å². The zero-order valence-corrected chi connectivity index (χ0v) is 29.3. The van der Waals surface area contributed by atoms with E-state index in [1.807, 2.05) is 12.2 Å². The maximum Gasteiger partial charge on any atom is 0.159 e. The standard InChI is InChI=1S/C38H55IN2O/c1-9-38(8,21-12-15-35(42)14-11-10-13-32-16-18-34(39)19-17-32)22-20-29(2)25-33-26-36(33)40-23-24-41(31(4)28-40)30(3)27-37(5,6)7/h11-12,14,16-22,31,33,36H,2-3,9-10,13,15,23-28H2,1,4-8H3/b14-11+,21-12+,22-20-/t31-,33?,36-,38?/m1/s1. The molecule has 4 heteroatoms. The molecule has 3 rings (SSSR count). The molecule has 4 atom stereocenters. The Kier molecular flexibility index (Phi) is 12.9. The molecule has 1 saturated heterocycles. The molecule has 3 nitrogen and oxygen atoms in total. The fourth-order valence-electron chi connectivity index (χ4n) is 6.00. The van der Waals surface area contributed by atoms with Crippen molar-refractivity contribution >= 4 is 28.4 Å². The molecule has 42 heavy (non-hydrogen) atoms. The number of carbonyl (C=O) groups is 1. The van der Waals surface area contributed by atoms with E-state index in [1.165, 1.54) is 26.8 Å². The predicted molar refractivity (Wildman–Crippen MR) is 190 cm³/mol. The fraction of sp³-hybridized carbons (Fsp3) is 0.553. The first-order valence-corrected chi connectivity index (χ1v) is 17.0. The van der Waals surface area contributed by atoms with Crippen molar-refractivity contribution in [3.05, 3.63) is 94.3 Å². The summed E-state index contributed by atoms with van der Waals surface area (Å²) in [6.45, 7) is 25.9. The lowest BCUT2D eigenvalue weighted by Gasteiger charge is -2.43. The molecule has 2 aliphatic rings. The number of ketones is 1. The van der Waals surface area contributed by atoms with Crippen LogP contribution in [0, 0.1) is 20.3 Å². The van der Waals surface area contributed by atoms with Gasteiger partial charge >= 0.3 is 0 Å². The summed E-state index contributed by atoms with van der Waals surface area (Å²) in [4.78, 5) is 17.6. The second-order valence-corrected chi connectivity index (χ2v) is 15.3. The molecule has 0 N–H and O–H groups in total. The van der Waals surface area contributed by atoms with Crippen LogP contribution in [0.15, 0.2) is 85.1 Å². The van der Waals surface area contributed by atoms with Crippen molar-refractivity contribution in [1.29, 1.82) is 0 Å². The number of benzene rings is 1. The average molecular weight is 683 g/mol. The number of piperazine rings is 1. The Morgan fingerprint density at radius 3 is 2.40 bits per heavy atom. The van der Waals surface area contributed by atoms with Crippen LogP contribution in [0.25, 0.3) is 0 Å². The van der Waals surface area contributed by atoms with Crippen LogP contribution in [0.2, 0.25) is 0 Å². The van der Waals surface area contributed by atoms with Gasteiger partial charge in [-0.15, -0.1) is 0 Å². The first kappa shape index (κ1) is 34.6. The van der Waals surface area contributed by atoms with Gasteiger partial charge in [-0.2, -0.15) is 0 Å². The summed E-state index contributed by atoms with van der Waals surface area (Å²) < 4.78 is 1.25. The summed E-state index contributed by atoms with van der Waals surface area (Å²) in [5.41, 5.74) is 4.03. The van der Waals surface area contributed by atoms with Gasteiger partial charge in [0.05, 0.1) is 0 Å². The maximum absolute atomic E-state index is 12.4. The van der Waals surface area contributed by atoms with E-state index in [1.54, 1.807) is 6.08 Å². The minimum Gasteiger partial charge on any atom is -0.370 e. The number of rotatable bonds is 15. The van der Waals surface area contributed by atoms with Gasteiger partial charge in [0.25, 0.3) is 0 Å². The van der Waals surface area contributed by atoms with Crippen molar-refractivity contribution in [2.45, 2.75) is 98.6 Å². The number of aryl methyl sites for hydroxylation is 1. The summed E-state index contributed by atoms with van der Waals surface area (Å²) in [6.07, 6.45) is 19.2. The van der Waals surface area contributed by atoms with E-state index in [0.717, 1.165) is 57.7 Å². The minimum atomic E-state index is -0.0675. The highest BCUT2D eigenvalue weighted by Gasteiger charge is 2.43. The Labute approximate surface area is 271 Å². The molecule has 0 spiro atoms. The van der Waals surface area contributed by atoms with Gasteiger partial charge < -0.3 is 4.90 Å². The second-order valence-electron chi connectivity index (χ2n) is 14.1. The van der Waals surface area contributed by atoms with Crippen LogP contribution in [-0.2, 0) is 11.2 Å². The van der Waals surface area contributed by atoms with Crippen LogP contribution >= 0.6 is 22.6 Å². The number of nitrogens with zero attached hydrogens (tertiary/aromatic N) is 2. The first-order chi connectivity index (χ1) is 19.8. The van der Waals surface area contributed by atoms with Crippen LogP contribution in [0.1, 0.15) is 85.6 Å². The summed E-state index contributed by atoms with van der Waals surface area (Å²) in [5.74, 6) is 0.881. The highest BCUT2D eigenvalue weighted by molar-refractivity contribution is 14.1. The molecule has 1 aliphatic heterocycles. The van der Waals surface area contributed by atoms with E-state index < -0.39 is 0 Å². The molecule has 1 aliphatic carbocycles. The second kappa shape index (κ2) is 15.7. The molecule has 1 aromatic rings. The quantitative estimate of drug-likeness (QED) is 0.0797. The molecule has 230 valence electrons. The summed E-state index contributed by atoms with van der Waals surface area (Å²) in [6, 6.07) is 9.79. The topological polar surface area (TPSA) is 23.6 Å². The Bertz CT molecular complexity index is 1150. The lowest BCUT2D eigenvalue weighted by atomic mass is 9.85. The van der Waals surface area contributed by atoms with E-state index >= 15 is 0 Å². The van der Waals surface area contributed by atoms with Crippen molar-refractivity contribution in [2.24, 2.45) is 16.7 Å². The first-order valence-electron chi connectivity index (χ1n) is 16.0. The van der Waals surface area contributed by atoms with Crippen LogP contribution < -0.4 is 0 Å². The molecule has 2 unspecified atom stereocenters. The normalized spacial score (nSPS) is 23.1. The lowest BCUT2D eigenvalue weighted by molar-refractivity contribution is -0.113. The van der Waals surface area contributed by atoms with Gasteiger partial charge in [0.1, 0.15) is 0 Å². The largest absolute Gasteiger partial charge is 0.370 e. The van der Waals surface area contributed by atoms with Gasteiger partial charge in [0.15, 0.2) is 5.78 Å². The number of hydrogen-bond donors (Lipinski definition) is 0. The van der Waals surface area contributed by atoms with E-state index in [2.05, 4.69) is 130 Å². The molecule has 0 amide bonds. The van der Waals surface area contributed by atoms with Gasteiger partial charge in [-0.3, -0.25) is 9.69 Å². The summed E-state index contributed by atoms with van der Waals surface area (Å²) in [5, 5.41) is 0. The SMILES string of the molecule is C=C(/C=C\C(C)(/C=C/CC(=O)/C=C/CCc1ccc(I)cc1)CC)CC1C[C@H]1N1CCN(C(=C)CC(C)(C)C)[C@H](C)C1. The lowest BCUT2D eigenvalue weighted by Crippen LogP contribution is -2.52. The molecule has 1 heterocycles. The van der Waals surface area contributed by atoms with E-state index in [0.29, 0.717) is 18.5 Å². The molecular formula is C38H55IN2O. The summed E-state index contributed by atoms with van der Waals surface area (Å²) in [7, 11) is 0. The maximum atomic E-state index is 12.4. The Morgan fingerprint density at radius 2 is 1.76 bits per heavy atom. The van der Waals surface area contributed by atoms with Crippen LogP contribution in [0.3, 0.4) is 0 Å². The number of halogens is 1. The van der Waals surface area contributed by atoms with E-state index in [9.17, 15) is 4.79 Å². The van der Waals surface area contributed by atoms with Crippen LogP contribution in [0.4, 0.5) is 0 Å². The van der Waals surface area contributed by atoms with Crippen molar-refractivity contribution in [2.75, 3.05) is 19.6 Å². The minimum absolute atomic E-state index is 0.0675. The van der Waals surface area contributed by atoms with Crippen molar-refractivity contribution in [3.8, 4) is 0 Å². The number of hydrogen-bond acceptors (Lipinski definition) is 3. The Morgan fingerprint density at radius 1 is 1.05 bits per heavy atom. The third-order valence-corrected chi connectivity index (χ3v) is 9.49. The third kappa shape index (κ3) is 11.6. The Balaban J connectivity index is 1.38. The van der Waals surface area contributed by atoms with Crippen LogP contribution in [-0.4, -0.2) is 47.3 Å². The fourth-order valence-corrected chi connectivity index (χ4v) is 6.36. The van der Waals surface area contributed by atoms with Gasteiger partial charge in [-0.1, -0.05) is 95.9 Å². The average Bonchev–Trinajstić information content (AvgIpc) is 3.69. The predicted octanol–water partition coefficient (Wildman–Crippen LogP) is 9.56. The van der Waals surface area contributed by atoms with Gasteiger partial charge in [-0.25, -0.2) is 0 Å². The molecule has 1 saturated carbocycles. The third-order valence-electron chi connectivity index (χ3n) is 8.77. The Hall–Kier alpha value is -1.92. The van der Waals surface area contributed by atoms with Crippen LogP contribution in [0.5, 0.6) is 0 Å². The molecule has 2 fully saturated rings. The van der Waals surface area contributed by atoms with E-state index in [-0.39, 0.29) is 16.6 Å². The van der Waals surface area contributed by atoms with Gasteiger partial charge in [0.2, 0.25) is 0 Å². The summed E-state index contributed by atoms with van der Waals surface area (Å²) >= 11 is 2.32. The molecular weight excluding hydrogens is 627 g/mol. The monoisotopic (exact) mass is 682 g/mol. The zero-order valence-electron chi connectivity index (χ0n) is 27.2. The molecule has 0 radical (unpaired) electrons.